The third-order valence-corrected chi connectivity index (χ3v) is 5.57. The molecule has 9 heteroatoms. The van der Waals surface area contributed by atoms with Crippen LogP contribution < -0.4 is 4.90 Å². The van der Waals surface area contributed by atoms with Crippen LogP contribution >= 0.6 is 11.8 Å². The number of carbonyl (C=O) groups excluding carboxylic acids is 1. The van der Waals surface area contributed by atoms with Gasteiger partial charge < -0.3 is 9.80 Å². The fraction of sp³-hybridized carbons (Fsp3) is 0.421. The normalized spacial score (nSPS) is 16.8. The molecule has 1 aliphatic heterocycles. The van der Waals surface area contributed by atoms with Gasteiger partial charge in [0.15, 0.2) is 5.16 Å². The highest BCUT2D eigenvalue weighted by molar-refractivity contribution is 8.00. The molecule has 0 aliphatic carbocycles. The zero-order chi connectivity index (χ0) is 20.3. The van der Waals surface area contributed by atoms with Gasteiger partial charge in [-0.05, 0) is 13.0 Å². The minimum absolute atomic E-state index is 0.0470. The lowest BCUT2D eigenvalue weighted by atomic mass is 10.1. The number of nitrogens with zero attached hydrogens (tertiary/aromatic N) is 3. The first-order valence-corrected chi connectivity index (χ1v) is 9.90. The molecule has 0 saturated carbocycles. The van der Waals surface area contributed by atoms with Gasteiger partial charge in [-0.1, -0.05) is 42.1 Å². The molecule has 28 heavy (non-hydrogen) atoms. The molecule has 1 amide bonds. The van der Waals surface area contributed by atoms with Crippen molar-refractivity contribution >= 4 is 17.7 Å². The van der Waals surface area contributed by atoms with E-state index in [1.54, 1.807) is 42.2 Å². The number of nitrogens with one attached hydrogen (secondary N) is 1. The number of halogens is 3. The van der Waals surface area contributed by atoms with Crippen molar-refractivity contribution in [1.82, 2.24) is 14.9 Å². The lowest BCUT2D eigenvalue weighted by Crippen LogP contribution is -3.12. The number of alkyl halides is 3. The van der Waals surface area contributed by atoms with Crippen molar-refractivity contribution in [3.8, 4) is 11.3 Å². The van der Waals surface area contributed by atoms with Gasteiger partial charge in [-0.15, -0.1) is 0 Å². The number of carbonyl (C=O) groups is 1. The second kappa shape index (κ2) is 8.48. The smallest absolute Gasteiger partial charge is 0.334 e. The first-order valence-electron chi connectivity index (χ1n) is 9.02. The SMILES string of the molecule is C[C@@H](Sc1nc(-c2ccccc2)cc(C(F)(F)F)n1)C(=O)N1CC[NH+](C)CC1. The van der Waals surface area contributed by atoms with Crippen LogP contribution in [0, 0.1) is 0 Å². The Hall–Kier alpha value is -2.13. The lowest BCUT2D eigenvalue weighted by molar-refractivity contribution is -0.883. The van der Waals surface area contributed by atoms with E-state index in [0.29, 0.717) is 18.7 Å². The maximum absolute atomic E-state index is 13.3. The van der Waals surface area contributed by atoms with E-state index in [9.17, 15) is 18.0 Å². The van der Waals surface area contributed by atoms with Crippen LogP contribution in [0.25, 0.3) is 11.3 Å². The summed E-state index contributed by atoms with van der Waals surface area (Å²) < 4.78 is 39.9. The van der Waals surface area contributed by atoms with Gasteiger partial charge in [0.25, 0.3) is 0 Å². The number of thioether (sulfide) groups is 1. The summed E-state index contributed by atoms with van der Waals surface area (Å²) in [6.07, 6.45) is -4.59. The van der Waals surface area contributed by atoms with Gasteiger partial charge in [-0.2, -0.15) is 13.2 Å². The summed E-state index contributed by atoms with van der Waals surface area (Å²) in [5, 5.41) is -0.611. The zero-order valence-electron chi connectivity index (χ0n) is 15.7. The number of hydrogen-bond donors (Lipinski definition) is 1. The molecular weight excluding hydrogens is 389 g/mol. The molecule has 1 aromatic heterocycles. The summed E-state index contributed by atoms with van der Waals surface area (Å²) in [5.74, 6) is -0.0974. The van der Waals surface area contributed by atoms with Crippen LogP contribution in [0.1, 0.15) is 12.6 Å². The molecule has 1 fully saturated rings. The first kappa shape index (κ1) is 20.6. The van der Waals surface area contributed by atoms with Crippen LogP contribution in [0.2, 0.25) is 0 Å². The molecule has 1 aromatic carbocycles. The van der Waals surface area contributed by atoms with Crippen LogP contribution in [0.15, 0.2) is 41.6 Å². The van der Waals surface area contributed by atoms with Gasteiger partial charge >= 0.3 is 6.18 Å². The minimum Gasteiger partial charge on any atom is -0.334 e. The largest absolute Gasteiger partial charge is 0.433 e. The molecule has 3 rings (SSSR count). The van der Waals surface area contributed by atoms with Crippen LogP contribution in [-0.2, 0) is 11.0 Å². The van der Waals surface area contributed by atoms with E-state index in [1.165, 1.54) is 4.90 Å². The van der Waals surface area contributed by atoms with Crippen molar-refractivity contribution < 1.29 is 22.9 Å². The highest BCUT2D eigenvalue weighted by Crippen LogP contribution is 2.33. The Morgan fingerprint density at radius 2 is 1.82 bits per heavy atom. The number of hydrogen-bond acceptors (Lipinski definition) is 4. The maximum Gasteiger partial charge on any atom is 0.433 e. The zero-order valence-corrected chi connectivity index (χ0v) is 16.5. The van der Waals surface area contributed by atoms with Crippen molar-refractivity contribution in [3.63, 3.8) is 0 Å². The number of likely N-dealkylation sites (N-methyl/N-ethyl adjacent to an activating group) is 1. The van der Waals surface area contributed by atoms with Crippen molar-refractivity contribution in [2.45, 2.75) is 23.5 Å². The van der Waals surface area contributed by atoms with Crippen LogP contribution in [0.5, 0.6) is 0 Å². The van der Waals surface area contributed by atoms with Crippen LogP contribution in [-0.4, -0.2) is 59.3 Å². The fourth-order valence-corrected chi connectivity index (χ4v) is 3.82. The molecule has 5 nitrogen and oxygen atoms in total. The maximum atomic E-state index is 13.3. The summed E-state index contributed by atoms with van der Waals surface area (Å²) >= 11 is 0.965. The summed E-state index contributed by atoms with van der Waals surface area (Å²) in [5.41, 5.74) is -0.252. The Kier molecular flexibility index (Phi) is 6.24. The van der Waals surface area contributed by atoms with Crippen LogP contribution in [0.3, 0.4) is 0 Å². The van der Waals surface area contributed by atoms with Gasteiger partial charge in [-0.25, -0.2) is 9.97 Å². The number of benzene rings is 1. The topological polar surface area (TPSA) is 50.5 Å². The van der Waals surface area contributed by atoms with Crippen molar-refractivity contribution in [1.29, 1.82) is 0 Å². The molecule has 1 atom stereocenters. The first-order chi connectivity index (χ1) is 13.2. The Labute approximate surface area is 166 Å². The molecule has 0 radical (unpaired) electrons. The second-order valence-corrected chi connectivity index (χ2v) is 8.14. The molecule has 0 unspecified atom stereocenters. The van der Waals surface area contributed by atoms with Gasteiger partial charge in [0.05, 0.1) is 44.2 Å². The number of quaternary nitrogens is 1. The molecular formula is C19H22F3N4OS+. The molecule has 150 valence electrons. The number of amides is 1. The highest BCUT2D eigenvalue weighted by atomic mass is 32.2. The minimum atomic E-state index is -4.59. The second-order valence-electron chi connectivity index (χ2n) is 6.83. The summed E-state index contributed by atoms with van der Waals surface area (Å²) in [6, 6.07) is 9.58. The Morgan fingerprint density at radius 3 is 2.43 bits per heavy atom. The van der Waals surface area contributed by atoms with Gasteiger partial charge in [-0.3, -0.25) is 4.79 Å². The van der Waals surface area contributed by atoms with Crippen molar-refractivity contribution in [3.05, 3.63) is 42.1 Å². The average molecular weight is 411 g/mol. The van der Waals surface area contributed by atoms with E-state index in [2.05, 4.69) is 17.0 Å². The predicted molar refractivity (Wildman–Crippen MR) is 101 cm³/mol. The molecule has 1 aliphatic rings. The van der Waals surface area contributed by atoms with E-state index < -0.39 is 17.1 Å². The van der Waals surface area contributed by atoms with E-state index in [-0.39, 0.29) is 16.8 Å². The van der Waals surface area contributed by atoms with Crippen LogP contribution in [0.4, 0.5) is 13.2 Å². The Morgan fingerprint density at radius 1 is 1.18 bits per heavy atom. The van der Waals surface area contributed by atoms with E-state index in [0.717, 1.165) is 30.9 Å². The number of piperazine rings is 1. The van der Waals surface area contributed by atoms with E-state index >= 15 is 0 Å². The molecule has 1 saturated heterocycles. The number of aromatic nitrogens is 2. The fourth-order valence-electron chi connectivity index (χ4n) is 2.95. The number of rotatable bonds is 4. The summed E-state index contributed by atoms with van der Waals surface area (Å²) in [6.45, 7) is 4.70. The summed E-state index contributed by atoms with van der Waals surface area (Å²) in [7, 11) is 2.07. The lowest BCUT2D eigenvalue weighted by Gasteiger charge is -2.31. The van der Waals surface area contributed by atoms with Gasteiger partial charge in [0.2, 0.25) is 5.91 Å². The van der Waals surface area contributed by atoms with E-state index in [1.807, 2.05) is 0 Å². The Bertz CT molecular complexity index is 824. The molecule has 1 N–H and O–H groups in total. The molecule has 2 aromatic rings. The third-order valence-electron chi connectivity index (χ3n) is 4.62. The standard InChI is InChI=1S/C19H21F3N4OS/c1-13(17(27)26-10-8-25(2)9-11-26)28-18-23-15(14-6-4-3-5-7-14)12-16(24-18)19(20,21)22/h3-7,12-13H,8-11H2,1-2H3/p+1/t13-/m1/s1. The quantitative estimate of drug-likeness (QED) is 0.618. The summed E-state index contributed by atoms with van der Waals surface area (Å²) in [4.78, 5) is 23.7. The van der Waals surface area contributed by atoms with Gasteiger partial charge in [0, 0.05) is 5.56 Å². The van der Waals surface area contributed by atoms with E-state index in [4.69, 9.17) is 0 Å². The van der Waals surface area contributed by atoms with Crippen molar-refractivity contribution in [2.75, 3.05) is 33.2 Å². The van der Waals surface area contributed by atoms with Crippen molar-refractivity contribution in [2.24, 2.45) is 0 Å². The molecule has 0 spiro atoms. The Balaban J connectivity index is 1.83. The highest BCUT2D eigenvalue weighted by Gasteiger charge is 2.34. The monoisotopic (exact) mass is 411 g/mol. The predicted octanol–water partition coefficient (Wildman–Crippen LogP) is 2.00. The third kappa shape index (κ3) is 5.02. The average Bonchev–Trinajstić information content (AvgIpc) is 2.68. The molecule has 2 heterocycles. The van der Waals surface area contributed by atoms with Gasteiger partial charge in [0.1, 0.15) is 5.69 Å². The molecule has 0 bridgehead atoms.